The topological polar surface area (TPSA) is 55.4 Å². The standard InChI is InChI=1S/C11H19NO3S/c1-2-15-10(13)4-3-6-12-11(14)9-5-7-16-8-9/h9H,2-8H2,1H3,(H,12,14). The van der Waals surface area contributed by atoms with Crippen LogP contribution in [0.4, 0.5) is 0 Å². The van der Waals surface area contributed by atoms with Gasteiger partial charge in [0.15, 0.2) is 0 Å². The van der Waals surface area contributed by atoms with Gasteiger partial charge in [-0.05, 0) is 25.5 Å². The molecule has 1 heterocycles. The van der Waals surface area contributed by atoms with Crippen LogP contribution in [0.15, 0.2) is 0 Å². The zero-order valence-corrected chi connectivity index (χ0v) is 10.5. The Balaban J connectivity index is 2.02. The maximum absolute atomic E-state index is 11.6. The molecule has 4 nitrogen and oxygen atoms in total. The Labute approximate surface area is 100 Å². The van der Waals surface area contributed by atoms with Gasteiger partial charge in [0.1, 0.15) is 0 Å². The summed E-state index contributed by atoms with van der Waals surface area (Å²) >= 11 is 1.83. The summed E-state index contributed by atoms with van der Waals surface area (Å²) in [7, 11) is 0. The monoisotopic (exact) mass is 245 g/mol. The van der Waals surface area contributed by atoms with Crippen molar-refractivity contribution in [1.82, 2.24) is 5.32 Å². The Morgan fingerprint density at radius 3 is 2.94 bits per heavy atom. The van der Waals surface area contributed by atoms with Gasteiger partial charge in [0.2, 0.25) is 5.91 Å². The minimum atomic E-state index is -0.187. The van der Waals surface area contributed by atoms with E-state index in [-0.39, 0.29) is 17.8 Å². The number of rotatable bonds is 6. The van der Waals surface area contributed by atoms with Crippen molar-refractivity contribution in [3.05, 3.63) is 0 Å². The summed E-state index contributed by atoms with van der Waals surface area (Å²) in [5, 5.41) is 2.86. The Bertz CT molecular complexity index is 239. The molecule has 5 heteroatoms. The molecule has 0 aromatic carbocycles. The molecule has 0 saturated carbocycles. The normalized spacial score (nSPS) is 19.4. The van der Waals surface area contributed by atoms with Gasteiger partial charge in [0.05, 0.1) is 6.61 Å². The van der Waals surface area contributed by atoms with Crippen LogP contribution in [0.2, 0.25) is 0 Å². The summed E-state index contributed by atoms with van der Waals surface area (Å²) in [6, 6.07) is 0. The van der Waals surface area contributed by atoms with Gasteiger partial charge < -0.3 is 10.1 Å². The fraction of sp³-hybridized carbons (Fsp3) is 0.818. The molecule has 1 N–H and O–H groups in total. The van der Waals surface area contributed by atoms with Gasteiger partial charge in [-0.2, -0.15) is 11.8 Å². The molecule has 1 fully saturated rings. The van der Waals surface area contributed by atoms with E-state index in [1.54, 1.807) is 6.92 Å². The second-order valence-corrected chi connectivity index (χ2v) is 4.91. The minimum absolute atomic E-state index is 0.133. The van der Waals surface area contributed by atoms with Crippen LogP contribution >= 0.6 is 11.8 Å². The van der Waals surface area contributed by atoms with E-state index in [4.69, 9.17) is 4.74 Å². The second-order valence-electron chi connectivity index (χ2n) is 3.76. The van der Waals surface area contributed by atoms with Crippen molar-refractivity contribution in [2.75, 3.05) is 24.7 Å². The first kappa shape index (κ1) is 13.4. The molecule has 1 saturated heterocycles. The van der Waals surface area contributed by atoms with Crippen LogP contribution in [0, 0.1) is 5.92 Å². The number of carbonyl (C=O) groups is 2. The maximum Gasteiger partial charge on any atom is 0.305 e. The summed E-state index contributed by atoms with van der Waals surface area (Å²) < 4.78 is 4.79. The van der Waals surface area contributed by atoms with Crippen molar-refractivity contribution >= 4 is 23.6 Å². The predicted octanol–water partition coefficient (Wildman–Crippen LogP) is 1.20. The maximum atomic E-state index is 11.6. The van der Waals surface area contributed by atoms with Crippen LogP contribution in [-0.4, -0.2) is 36.5 Å². The number of hydrogen-bond acceptors (Lipinski definition) is 4. The molecule has 1 unspecified atom stereocenters. The van der Waals surface area contributed by atoms with E-state index >= 15 is 0 Å². The average Bonchev–Trinajstić information content (AvgIpc) is 2.78. The highest BCUT2D eigenvalue weighted by molar-refractivity contribution is 7.99. The van der Waals surface area contributed by atoms with Crippen molar-refractivity contribution in [2.24, 2.45) is 5.92 Å². The van der Waals surface area contributed by atoms with Crippen molar-refractivity contribution in [3.63, 3.8) is 0 Å². The summed E-state index contributed by atoms with van der Waals surface area (Å²) in [6.07, 6.45) is 2.02. The molecule has 0 aromatic rings. The number of carbonyl (C=O) groups excluding carboxylic acids is 2. The van der Waals surface area contributed by atoms with Gasteiger partial charge in [-0.1, -0.05) is 0 Å². The van der Waals surface area contributed by atoms with E-state index in [1.165, 1.54) is 0 Å². The lowest BCUT2D eigenvalue weighted by Crippen LogP contribution is -2.31. The van der Waals surface area contributed by atoms with Crippen molar-refractivity contribution in [3.8, 4) is 0 Å². The second kappa shape index (κ2) is 7.54. The molecule has 16 heavy (non-hydrogen) atoms. The lowest BCUT2D eigenvalue weighted by atomic mass is 10.1. The van der Waals surface area contributed by atoms with E-state index in [0.717, 1.165) is 17.9 Å². The largest absolute Gasteiger partial charge is 0.466 e. The lowest BCUT2D eigenvalue weighted by molar-refractivity contribution is -0.143. The Morgan fingerprint density at radius 2 is 2.31 bits per heavy atom. The number of ether oxygens (including phenoxy) is 1. The Kier molecular flexibility index (Phi) is 6.30. The molecule has 0 spiro atoms. The first-order chi connectivity index (χ1) is 7.74. The van der Waals surface area contributed by atoms with E-state index in [9.17, 15) is 9.59 Å². The van der Waals surface area contributed by atoms with Crippen LogP contribution in [0.3, 0.4) is 0 Å². The zero-order valence-electron chi connectivity index (χ0n) is 9.66. The molecule has 1 rings (SSSR count). The van der Waals surface area contributed by atoms with Crippen molar-refractivity contribution in [2.45, 2.75) is 26.2 Å². The fourth-order valence-electron chi connectivity index (χ4n) is 1.56. The van der Waals surface area contributed by atoms with E-state index in [1.807, 2.05) is 11.8 Å². The number of nitrogens with one attached hydrogen (secondary N) is 1. The van der Waals surface area contributed by atoms with Gasteiger partial charge in [0, 0.05) is 24.6 Å². The molecule has 0 aromatic heterocycles. The van der Waals surface area contributed by atoms with E-state index in [0.29, 0.717) is 26.0 Å². The minimum Gasteiger partial charge on any atom is -0.466 e. The van der Waals surface area contributed by atoms with Crippen molar-refractivity contribution in [1.29, 1.82) is 0 Å². The van der Waals surface area contributed by atoms with E-state index in [2.05, 4.69) is 5.32 Å². The van der Waals surface area contributed by atoms with Gasteiger partial charge in [-0.3, -0.25) is 9.59 Å². The molecule has 1 aliphatic rings. The van der Waals surface area contributed by atoms with Crippen LogP contribution < -0.4 is 5.32 Å². The number of thioether (sulfide) groups is 1. The highest BCUT2D eigenvalue weighted by Gasteiger charge is 2.22. The highest BCUT2D eigenvalue weighted by atomic mass is 32.2. The smallest absolute Gasteiger partial charge is 0.305 e. The first-order valence-corrected chi connectivity index (χ1v) is 6.90. The predicted molar refractivity (Wildman–Crippen MR) is 64.3 cm³/mol. The molecule has 92 valence electrons. The van der Waals surface area contributed by atoms with Gasteiger partial charge >= 0.3 is 5.97 Å². The third-order valence-electron chi connectivity index (χ3n) is 2.46. The lowest BCUT2D eigenvalue weighted by Gasteiger charge is -2.09. The van der Waals surface area contributed by atoms with Crippen LogP contribution in [0.25, 0.3) is 0 Å². The first-order valence-electron chi connectivity index (χ1n) is 5.75. The van der Waals surface area contributed by atoms with Crippen molar-refractivity contribution < 1.29 is 14.3 Å². The molecule has 1 amide bonds. The van der Waals surface area contributed by atoms with Crippen LogP contribution in [-0.2, 0) is 14.3 Å². The molecular weight excluding hydrogens is 226 g/mol. The third-order valence-corrected chi connectivity index (χ3v) is 3.63. The Morgan fingerprint density at radius 1 is 1.50 bits per heavy atom. The third kappa shape index (κ3) is 4.88. The average molecular weight is 245 g/mol. The van der Waals surface area contributed by atoms with Gasteiger partial charge in [-0.25, -0.2) is 0 Å². The van der Waals surface area contributed by atoms with Gasteiger partial charge in [-0.15, -0.1) is 0 Å². The summed E-state index contributed by atoms with van der Waals surface area (Å²) in [5.74, 6) is 2.14. The molecule has 0 bridgehead atoms. The quantitative estimate of drug-likeness (QED) is 0.564. The molecule has 1 atom stereocenters. The number of hydrogen-bond donors (Lipinski definition) is 1. The number of esters is 1. The highest BCUT2D eigenvalue weighted by Crippen LogP contribution is 2.23. The van der Waals surface area contributed by atoms with Crippen LogP contribution in [0.1, 0.15) is 26.2 Å². The SMILES string of the molecule is CCOC(=O)CCCNC(=O)C1CCSC1. The molecular formula is C11H19NO3S. The fourth-order valence-corrected chi connectivity index (χ4v) is 2.78. The molecule has 0 radical (unpaired) electrons. The van der Waals surface area contributed by atoms with Crippen LogP contribution in [0.5, 0.6) is 0 Å². The molecule has 0 aliphatic carbocycles. The molecule has 1 aliphatic heterocycles. The van der Waals surface area contributed by atoms with Gasteiger partial charge in [0.25, 0.3) is 0 Å². The summed E-state index contributed by atoms with van der Waals surface area (Å²) in [5.41, 5.74) is 0. The number of amides is 1. The Hall–Kier alpha value is -0.710. The zero-order chi connectivity index (χ0) is 11.8. The summed E-state index contributed by atoms with van der Waals surface area (Å²) in [6.45, 7) is 2.78. The van der Waals surface area contributed by atoms with E-state index < -0.39 is 0 Å². The summed E-state index contributed by atoms with van der Waals surface area (Å²) in [4.78, 5) is 22.6.